The van der Waals surface area contributed by atoms with Gasteiger partial charge in [-0.3, -0.25) is 14.4 Å². The van der Waals surface area contributed by atoms with Crippen molar-refractivity contribution >= 4 is 52.6 Å². The molecule has 0 aliphatic heterocycles. The summed E-state index contributed by atoms with van der Waals surface area (Å²) in [5.41, 5.74) is 4.15. The molecule has 48 heavy (non-hydrogen) atoms. The van der Waals surface area contributed by atoms with E-state index in [-0.39, 0.29) is 11.6 Å². The molecule has 0 saturated carbocycles. The number of amides is 3. The molecular formula is C39H36N4O4S. The molecule has 0 spiro atoms. The number of nitrogens with zero attached hydrogens (tertiary/aromatic N) is 1. The number of carbonyl (C=O) groups excluding carboxylic acids is 3. The molecule has 1 atom stereocenters. The predicted octanol–water partition coefficient (Wildman–Crippen LogP) is 7.64. The van der Waals surface area contributed by atoms with E-state index in [1.165, 1.54) is 11.8 Å². The highest BCUT2D eigenvalue weighted by molar-refractivity contribution is 8.00. The topological polar surface area (TPSA) is 99.8 Å². The predicted molar refractivity (Wildman–Crippen MR) is 194 cm³/mol. The van der Waals surface area contributed by atoms with Gasteiger partial charge in [0.2, 0.25) is 5.91 Å². The fourth-order valence-corrected chi connectivity index (χ4v) is 5.89. The molecule has 3 amide bonds. The lowest BCUT2D eigenvalue weighted by atomic mass is 10.1. The maximum absolute atomic E-state index is 13.7. The first-order chi connectivity index (χ1) is 23.3. The standard InChI is InChI=1S/C39H36N4O4S/c1-43(2)31-23-21-27(22-24-31)25-34(42-37(44)29-15-8-5-9-16-29)38(45)40-30-17-12-18-32(26-30)48-36(28-13-6-4-7-14-28)39(46)41-33-19-10-11-20-35(33)47-3/h4-26,36H,1-3H3,(H,40,45)(H,41,46)(H,42,44)/b34-25+. The van der Waals surface area contributed by atoms with E-state index < -0.39 is 17.1 Å². The summed E-state index contributed by atoms with van der Waals surface area (Å²) in [4.78, 5) is 43.2. The summed E-state index contributed by atoms with van der Waals surface area (Å²) in [5.74, 6) is -0.562. The van der Waals surface area contributed by atoms with Gasteiger partial charge in [0.1, 0.15) is 16.7 Å². The summed E-state index contributed by atoms with van der Waals surface area (Å²) in [7, 11) is 5.46. The van der Waals surface area contributed by atoms with Crippen LogP contribution in [0.2, 0.25) is 0 Å². The average Bonchev–Trinajstić information content (AvgIpc) is 3.11. The van der Waals surface area contributed by atoms with E-state index >= 15 is 0 Å². The molecule has 8 nitrogen and oxygen atoms in total. The largest absolute Gasteiger partial charge is 0.495 e. The summed E-state index contributed by atoms with van der Waals surface area (Å²) in [6.07, 6.45) is 1.64. The third-order valence-electron chi connectivity index (χ3n) is 7.30. The van der Waals surface area contributed by atoms with Crippen LogP contribution in [0.4, 0.5) is 17.1 Å². The second-order valence-corrected chi connectivity index (χ2v) is 12.1. The van der Waals surface area contributed by atoms with Gasteiger partial charge in [0, 0.05) is 35.9 Å². The molecule has 5 aromatic rings. The lowest BCUT2D eigenvalue weighted by Crippen LogP contribution is -2.30. The zero-order valence-corrected chi connectivity index (χ0v) is 27.7. The van der Waals surface area contributed by atoms with E-state index in [1.54, 1.807) is 61.7 Å². The number of hydrogen-bond donors (Lipinski definition) is 3. The number of anilines is 3. The lowest BCUT2D eigenvalue weighted by molar-refractivity contribution is -0.116. The van der Waals surface area contributed by atoms with Crippen molar-refractivity contribution < 1.29 is 19.1 Å². The summed E-state index contributed by atoms with van der Waals surface area (Å²) in [6.45, 7) is 0. The molecule has 1 unspecified atom stereocenters. The Hall–Kier alpha value is -5.80. The normalized spacial score (nSPS) is 11.6. The molecule has 0 bridgehead atoms. The van der Waals surface area contributed by atoms with E-state index in [4.69, 9.17) is 4.74 Å². The highest BCUT2D eigenvalue weighted by Gasteiger charge is 2.24. The molecule has 5 rings (SSSR count). The second kappa shape index (κ2) is 16.2. The smallest absolute Gasteiger partial charge is 0.272 e. The minimum atomic E-state index is -0.604. The summed E-state index contributed by atoms with van der Waals surface area (Å²) in [6, 6.07) is 40.4. The molecule has 0 saturated heterocycles. The quantitative estimate of drug-likeness (QED) is 0.0943. The van der Waals surface area contributed by atoms with Crippen LogP contribution in [0, 0.1) is 0 Å². The average molecular weight is 657 g/mol. The molecule has 0 heterocycles. The number of thioether (sulfide) groups is 1. The van der Waals surface area contributed by atoms with E-state index in [9.17, 15) is 14.4 Å². The van der Waals surface area contributed by atoms with Gasteiger partial charge in [-0.25, -0.2) is 0 Å². The Kier molecular flexibility index (Phi) is 11.3. The van der Waals surface area contributed by atoms with Gasteiger partial charge >= 0.3 is 0 Å². The number of benzene rings is 5. The fourth-order valence-electron chi connectivity index (χ4n) is 4.81. The molecular weight excluding hydrogens is 621 g/mol. The highest BCUT2D eigenvalue weighted by atomic mass is 32.2. The SMILES string of the molecule is COc1ccccc1NC(=O)C(Sc1cccc(NC(=O)/C(=C\c2ccc(N(C)C)cc2)NC(=O)c2ccccc2)c1)c1ccccc1. The first kappa shape index (κ1) is 33.6. The molecule has 0 aliphatic rings. The number of hydrogen-bond acceptors (Lipinski definition) is 6. The van der Waals surface area contributed by atoms with E-state index in [0.717, 1.165) is 21.7 Å². The highest BCUT2D eigenvalue weighted by Crippen LogP contribution is 2.38. The van der Waals surface area contributed by atoms with Gasteiger partial charge in [-0.15, -0.1) is 11.8 Å². The van der Waals surface area contributed by atoms with Crippen molar-refractivity contribution in [3.8, 4) is 5.75 Å². The number of carbonyl (C=O) groups is 3. The van der Waals surface area contributed by atoms with Crippen LogP contribution >= 0.6 is 11.8 Å². The zero-order valence-electron chi connectivity index (χ0n) is 26.8. The van der Waals surface area contributed by atoms with Crippen molar-refractivity contribution in [3.63, 3.8) is 0 Å². The zero-order chi connectivity index (χ0) is 33.9. The van der Waals surface area contributed by atoms with Gasteiger partial charge in [-0.2, -0.15) is 0 Å². The molecule has 0 radical (unpaired) electrons. The molecule has 0 fully saturated rings. The maximum Gasteiger partial charge on any atom is 0.272 e. The molecule has 5 aromatic carbocycles. The van der Waals surface area contributed by atoms with Crippen LogP contribution in [0.25, 0.3) is 6.08 Å². The van der Waals surface area contributed by atoms with E-state index in [1.807, 2.05) is 104 Å². The van der Waals surface area contributed by atoms with Gasteiger partial charge in [0.05, 0.1) is 12.8 Å². The first-order valence-electron chi connectivity index (χ1n) is 15.2. The number of nitrogens with one attached hydrogen (secondary N) is 3. The number of rotatable bonds is 12. The van der Waals surface area contributed by atoms with Crippen LogP contribution in [0.1, 0.15) is 26.7 Å². The minimum absolute atomic E-state index is 0.0814. The molecule has 9 heteroatoms. The van der Waals surface area contributed by atoms with Crippen LogP contribution in [0.5, 0.6) is 5.75 Å². The maximum atomic E-state index is 13.7. The summed E-state index contributed by atoms with van der Waals surface area (Å²) >= 11 is 1.35. The number of ether oxygens (including phenoxy) is 1. The van der Waals surface area contributed by atoms with Crippen LogP contribution in [-0.4, -0.2) is 38.9 Å². The Morgan fingerprint density at radius 1 is 0.750 bits per heavy atom. The summed E-state index contributed by atoms with van der Waals surface area (Å²) < 4.78 is 5.43. The van der Waals surface area contributed by atoms with E-state index in [2.05, 4.69) is 16.0 Å². The lowest BCUT2D eigenvalue weighted by Gasteiger charge is -2.19. The Labute approximate surface area is 284 Å². The monoisotopic (exact) mass is 656 g/mol. The molecule has 3 N–H and O–H groups in total. The van der Waals surface area contributed by atoms with Crippen molar-refractivity contribution in [1.82, 2.24) is 5.32 Å². The van der Waals surface area contributed by atoms with Crippen molar-refractivity contribution in [2.45, 2.75) is 10.1 Å². The molecule has 0 aliphatic carbocycles. The third-order valence-corrected chi connectivity index (χ3v) is 8.55. The van der Waals surface area contributed by atoms with Gasteiger partial charge in [0.25, 0.3) is 11.8 Å². The Morgan fingerprint density at radius 3 is 2.10 bits per heavy atom. The van der Waals surface area contributed by atoms with Crippen molar-refractivity contribution in [2.75, 3.05) is 36.7 Å². The first-order valence-corrected chi connectivity index (χ1v) is 16.1. The van der Waals surface area contributed by atoms with Crippen LogP contribution < -0.4 is 25.6 Å². The van der Waals surface area contributed by atoms with Gasteiger partial charge in [-0.1, -0.05) is 78.9 Å². The van der Waals surface area contributed by atoms with Crippen LogP contribution in [0.3, 0.4) is 0 Å². The van der Waals surface area contributed by atoms with Crippen molar-refractivity contribution in [2.24, 2.45) is 0 Å². The van der Waals surface area contributed by atoms with Gasteiger partial charge in [0.15, 0.2) is 0 Å². The Morgan fingerprint density at radius 2 is 1.42 bits per heavy atom. The van der Waals surface area contributed by atoms with Gasteiger partial charge < -0.3 is 25.6 Å². The van der Waals surface area contributed by atoms with Crippen LogP contribution in [0.15, 0.2) is 144 Å². The summed E-state index contributed by atoms with van der Waals surface area (Å²) in [5, 5.41) is 8.11. The second-order valence-electron chi connectivity index (χ2n) is 10.9. The Balaban J connectivity index is 1.38. The van der Waals surface area contributed by atoms with Crippen molar-refractivity contribution in [1.29, 1.82) is 0 Å². The molecule has 242 valence electrons. The third kappa shape index (κ3) is 8.92. The Bertz CT molecular complexity index is 1900. The van der Waals surface area contributed by atoms with Gasteiger partial charge in [-0.05, 0) is 71.8 Å². The number of methoxy groups -OCH3 is 1. The van der Waals surface area contributed by atoms with E-state index in [0.29, 0.717) is 22.7 Å². The molecule has 0 aromatic heterocycles. The minimum Gasteiger partial charge on any atom is -0.495 e. The number of para-hydroxylation sites is 2. The van der Waals surface area contributed by atoms with Crippen LogP contribution in [-0.2, 0) is 9.59 Å². The fraction of sp³-hybridized carbons (Fsp3) is 0.103. The van der Waals surface area contributed by atoms with Crippen molar-refractivity contribution in [3.05, 3.63) is 156 Å².